The lowest BCUT2D eigenvalue weighted by molar-refractivity contribution is -0.140. The highest BCUT2D eigenvalue weighted by Crippen LogP contribution is 2.35. The molecule has 30 heavy (non-hydrogen) atoms. The molecule has 1 aromatic heterocycles. The van der Waals surface area contributed by atoms with Crippen LogP contribution in [0.5, 0.6) is 0 Å². The van der Waals surface area contributed by atoms with Gasteiger partial charge in [-0.2, -0.15) is 0 Å². The molecule has 3 amide bonds. The van der Waals surface area contributed by atoms with Gasteiger partial charge in [0.15, 0.2) is 5.69 Å². The average Bonchev–Trinajstić information content (AvgIpc) is 2.96. The molecule has 0 aromatic carbocycles. The highest BCUT2D eigenvalue weighted by molar-refractivity contribution is 6.06. The van der Waals surface area contributed by atoms with Crippen LogP contribution in [-0.4, -0.2) is 45.8 Å². The number of nitrogens with one attached hydrogen (secondary N) is 1. The van der Waals surface area contributed by atoms with Crippen molar-refractivity contribution in [1.82, 2.24) is 14.5 Å². The van der Waals surface area contributed by atoms with E-state index in [0.29, 0.717) is 25.8 Å². The first-order valence-electron chi connectivity index (χ1n) is 10.2. The van der Waals surface area contributed by atoms with Crippen molar-refractivity contribution in [2.75, 3.05) is 24.2 Å². The monoisotopic (exact) mass is 417 g/mol. The summed E-state index contributed by atoms with van der Waals surface area (Å²) in [7, 11) is 1.38. The molecule has 1 aliphatic carbocycles. The van der Waals surface area contributed by atoms with E-state index < -0.39 is 17.2 Å². The second-order valence-corrected chi connectivity index (χ2v) is 7.68. The van der Waals surface area contributed by atoms with E-state index in [-0.39, 0.29) is 48.1 Å². The number of nitrogens with zero attached hydrogens (tertiary/aromatic N) is 3. The predicted molar refractivity (Wildman–Crippen MR) is 111 cm³/mol. The van der Waals surface area contributed by atoms with Crippen LogP contribution >= 0.6 is 0 Å². The lowest BCUT2D eigenvalue weighted by Crippen LogP contribution is -2.41. The number of carbonyl (C=O) groups excluding carboxylic acids is 3. The zero-order valence-corrected chi connectivity index (χ0v) is 17.2. The first-order chi connectivity index (χ1) is 14.3. The Labute approximate surface area is 173 Å². The van der Waals surface area contributed by atoms with Crippen LogP contribution in [0.4, 0.5) is 11.5 Å². The van der Waals surface area contributed by atoms with Crippen LogP contribution in [0.25, 0.3) is 0 Å². The Morgan fingerprint density at radius 3 is 2.30 bits per heavy atom. The van der Waals surface area contributed by atoms with Crippen molar-refractivity contribution in [3.63, 3.8) is 0 Å². The number of amides is 3. The minimum absolute atomic E-state index is 0.0544. The fraction of sp³-hybridized carbons (Fsp3) is 0.550. The molecule has 162 valence electrons. The topological polar surface area (TPSA) is 139 Å². The van der Waals surface area contributed by atoms with Gasteiger partial charge in [-0.25, -0.2) is 4.79 Å². The van der Waals surface area contributed by atoms with Gasteiger partial charge in [-0.05, 0) is 19.3 Å². The molecule has 0 saturated carbocycles. The van der Waals surface area contributed by atoms with E-state index in [1.807, 2.05) is 19.1 Å². The van der Waals surface area contributed by atoms with E-state index in [2.05, 4.69) is 4.98 Å². The molecule has 0 unspecified atom stereocenters. The van der Waals surface area contributed by atoms with Gasteiger partial charge in [0.1, 0.15) is 5.82 Å². The minimum atomic E-state index is -0.758. The fourth-order valence-electron chi connectivity index (χ4n) is 4.03. The predicted octanol–water partition coefficient (Wildman–Crippen LogP) is 0.223. The van der Waals surface area contributed by atoms with Crippen molar-refractivity contribution in [1.29, 1.82) is 0 Å². The van der Waals surface area contributed by atoms with Crippen LogP contribution in [0.2, 0.25) is 0 Å². The molecule has 2 atom stereocenters. The number of nitrogen functional groups attached to an aromatic ring is 1. The molecular weight excluding hydrogens is 390 g/mol. The molecule has 1 aromatic rings. The van der Waals surface area contributed by atoms with Crippen molar-refractivity contribution in [3.8, 4) is 0 Å². The van der Waals surface area contributed by atoms with Gasteiger partial charge in [-0.1, -0.05) is 25.5 Å². The molecule has 0 bridgehead atoms. The number of rotatable bonds is 7. The molecule has 2 heterocycles. The molecule has 1 fully saturated rings. The summed E-state index contributed by atoms with van der Waals surface area (Å²) in [5, 5.41) is 0. The SMILES string of the molecule is CCCCn1c(N)c(N(C)C(=O)CCN2C(=O)[C@@H]3CC=CC[C@H]3C2=O)c(=O)[nH]c1=O. The van der Waals surface area contributed by atoms with Gasteiger partial charge < -0.3 is 10.6 Å². The second-order valence-electron chi connectivity index (χ2n) is 7.68. The van der Waals surface area contributed by atoms with Crippen molar-refractivity contribution in [2.45, 2.75) is 45.6 Å². The Hall–Kier alpha value is -3.17. The third-order valence-electron chi connectivity index (χ3n) is 5.81. The number of aromatic nitrogens is 2. The average molecular weight is 417 g/mol. The Balaban J connectivity index is 1.74. The molecule has 3 N–H and O–H groups in total. The summed E-state index contributed by atoms with van der Waals surface area (Å²) in [6.07, 6.45) is 6.23. The Morgan fingerprint density at radius 2 is 1.73 bits per heavy atom. The minimum Gasteiger partial charge on any atom is -0.383 e. The summed E-state index contributed by atoms with van der Waals surface area (Å²) in [5.41, 5.74) is 4.53. The van der Waals surface area contributed by atoms with Crippen LogP contribution in [0.15, 0.2) is 21.7 Å². The smallest absolute Gasteiger partial charge is 0.330 e. The lowest BCUT2D eigenvalue weighted by Gasteiger charge is -2.21. The van der Waals surface area contributed by atoms with E-state index >= 15 is 0 Å². The number of nitrogens with two attached hydrogens (primary N) is 1. The van der Waals surface area contributed by atoms with Gasteiger partial charge in [-0.15, -0.1) is 0 Å². The van der Waals surface area contributed by atoms with Crippen LogP contribution < -0.4 is 21.9 Å². The third-order valence-corrected chi connectivity index (χ3v) is 5.81. The van der Waals surface area contributed by atoms with Gasteiger partial charge in [0, 0.05) is 26.6 Å². The van der Waals surface area contributed by atoms with Gasteiger partial charge >= 0.3 is 5.69 Å². The van der Waals surface area contributed by atoms with Crippen LogP contribution in [0.1, 0.15) is 39.0 Å². The van der Waals surface area contributed by atoms with E-state index in [1.165, 1.54) is 11.6 Å². The van der Waals surface area contributed by atoms with E-state index in [0.717, 1.165) is 16.2 Å². The number of anilines is 2. The number of likely N-dealkylation sites (tertiary alicyclic amines) is 1. The largest absolute Gasteiger partial charge is 0.383 e. The summed E-state index contributed by atoms with van der Waals surface area (Å²) >= 11 is 0. The quantitative estimate of drug-likeness (QED) is 0.481. The van der Waals surface area contributed by atoms with E-state index in [9.17, 15) is 24.0 Å². The molecule has 3 rings (SSSR count). The number of H-pyrrole nitrogens is 1. The summed E-state index contributed by atoms with van der Waals surface area (Å²) in [6, 6.07) is 0. The molecule has 10 nitrogen and oxygen atoms in total. The van der Waals surface area contributed by atoms with Crippen LogP contribution in [0.3, 0.4) is 0 Å². The van der Waals surface area contributed by atoms with Crippen molar-refractivity contribution >= 4 is 29.2 Å². The summed E-state index contributed by atoms with van der Waals surface area (Å²) in [5.74, 6) is -1.78. The number of imide groups is 1. The first kappa shape index (κ1) is 21.5. The number of unbranched alkanes of at least 4 members (excludes halogenated alkanes) is 1. The molecule has 1 saturated heterocycles. The third kappa shape index (κ3) is 3.81. The number of hydrogen-bond acceptors (Lipinski definition) is 6. The molecule has 1 aliphatic heterocycles. The summed E-state index contributed by atoms with van der Waals surface area (Å²) < 4.78 is 1.23. The number of aromatic amines is 1. The molecule has 0 radical (unpaired) electrons. The maximum absolute atomic E-state index is 12.7. The van der Waals surface area contributed by atoms with E-state index in [1.54, 1.807) is 0 Å². The van der Waals surface area contributed by atoms with E-state index in [4.69, 9.17) is 5.73 Å². The van der Waals surface area contributed by atoms with Crippen LogP contribution in [0, 0.1) is 11.8 Å². The molecule has 0 spiro atoms. The molecule has 2 aliphatic rings. The molecular formula is C20H27N5O5. The zero-order chi connectivity index (χ0) is 22.0. The number of fused-ring (bicyclic) bond motifs is 1. The zero-order valence-electron chi connectivity index (χ0n) is 17.2. The Morgan fingerprint density at radius 1 is 1.13 bits per heavy atom. The van der Waals surface area contributed by atoms with Crippen LogP contribution in [-0.2, 0) is 20.9 Å². The highest BCUT2D eigenvalue weighted by Gasteiger charge is 2.47. The van der Waals surface area contributed by atoms with Crippen molar-refractivity contribution < 1.29 is 14.4 Å². The fourth-order valence-corrected chi connectivity index (χ4v) is 4.03. The van der Waals surface area contributed by atoms with Gasteiger partial charge in [0.25, 0.3) is 5.56 Å². The number of hydrogen-bond donors (Lipinski definition) is 2. The number of allylic oxidation sites excluding steroid dienone is 2. The maximum Gasteiger partial charge on any atom is 0.330 e. The van der Waals surface area contributed by atoms with Gasteiger partial charge in [-0.3, -0.25) is 33.6 Å². The Bertz CT molecular complexity index is 982. The number of carbonyl (C=O) groups is 3. The highest BCUT2D eigenvalue weighted by atomic mass is 16.2. The normalized spacial score (nSPS) is 20.5. The lowest BCUT2D eigenvalue weighted by atomic mass is 9.85. The molecule has 10 heteroatoms. The van der Waals surface area contributed by atoms with Gasteiger partial charge in [0.2, 0.25) is 17.7 Å². The van der Waals surface area contributed by atoms with Crippen molar-refractivity contribution in [3.05, 3.63) is 33.0 Å². The maximum atomic E-state index is 12.7. The van der Waals surface area contributed by atoms with Gasteiger partial charge in [0.05, 0.1) is 11.8 Å². The first-order valence-corrected chi connectivity index (χ1v) is 10.2. The second kappa shape index (κ2) is 8.68. The standard InChI is InChI=1S/C20H27N5O5/c1-3-4-10-24-16(21)15(17(27)22-20(24)30)23(2)14(26)9-11-25-18(28)12-7-5-6-8-13(12)19(25)29/h5-6,12-13H,3-4,7-11,21H2,1-2H3,(H,22,27,30)/t12-,13-/m1/s1. The summed E-state index contributed by atoms with van der Waals surface area (Å²) in [4.78, 5) is 66.5. The summed E-state index contributed by atoms with van der Waals surface area (Å²) in [6.45, 7) is 2.22. The Kier molecular flexibility index (Phi) is 6.23. The van der Waals surface area contributed by atoms with Crippen molar-refractivity contribution in [2.24, 2.45) is 11.8 Å².